The van der Waals surface area contributed by atoms with Crippen LogP contribution in [-0.4, -0.2) is 33.6 Å². The van der Waals surface area contributed by atoms with Crippen LogP contribution >= 0.6 is 0 Å². The zero-order valence-corrected chi connectivity index (χ0v) is 13.2. The molecule has 0 bridgehead atoms. The monoisotopic (exact) mass is 315 g/mol. The first-order chi connectivity index (χ1) is 9.74. The molecule has 0 amide bonds. The molecule has 0 unspecified atom stereocenters. The van der Waals surface area contributed by atoms with E-state index in [1.807, 2.05) is 6.92 Å². The fourth-order valence-corrected chi connectivity index (χ4v) is 2.32. The number of aryl methyl sites for hydroxylation is 1. The maximum atomic E-state index is 11.8. The predicted octanol–water partition coefficient (Wildman–Crippen LogP) is 1.23. The third kappa shape index (κ3) is 5.45. The van der Waals surface area contributed by atoms with Crippen molar-refractivity contribution >= 4 is 16.1 Å². The molecule has 1 atom stereocenters. The average molecular weight is 315 g/mol. The Morgan fingerprint density at radius 1 is 1.19 bits per heavy atom. The highest BCUT2D eigenvalue weighted by molar-refractivity contribution is 7.86. The first-order valence-corrected chi connectivity index (χ1v) is 8.03. The summed E-state index contributed by atoms with van der Waals surface area (Å²) in [5.74, 6) is -0.615. The van der Waals surface area contributed by atoms with Gasteiger partial charge in [-0.05, 0) is 25.0 Å². The van der Waals surface area contributed by atoms with Crippen LogP contribution in [0.15, 0.2) is 29.2 Å². The van der Waals surface area contributed by atoms with Crippen LogP contribution in [0.2, 0.25) is 0 Å². The molecule has 118 valence electrons. The molecule has 0 aliphatic heterocycles. The van der Waals surface area contributed by atoms with Gasteiger partial charge in [0.2, 0.25) is 0 Å². The SMILES string of the molecule is Cc1ccc(S(=O)(=O)OCCOC(=O)[C@@H](N)C(C)C)cc1. The zero-order valence-electron chi connectivity index (χ0n) is 12.4. The largest absolute Gasteiger partial charge is 0.462 e. The Hall–Kier alpha value is -1.44. The molecule has 0 radical (unpaired) electrons. The van der Waals surface area contributed by atoms with Crippen molar-refractivity contribution in [3.8, 4) is 0 Å². The smallest absolute Gasteiger partial charge is 0.323 e. The third-order valence-corrected chi connectivity index (χ3v) is 4.19. The molecule has 0 saturated heterocycles. The lowest BCUT2D eigenvalue weighted by molar-refractivity contribution is -0.147. The zero-order chi connectivity index (χ0) is 16.0. The number of carbonyl (C=O) groups is 1. The van der Waals surface area contributed by atoms with Crippen LogP contribution in [0.4, 0.5) is 0 Å². The number of carbonyl (C=O) groups excluding carboxylic acids is 1. The summed E-state index contributed by atoms with van der Waals surface area (Å²) in [6, 6.07) is 5.56. The van der Waals surface area contributed by atoms with E-state index in [9.17, 15) is 13.2 Å². The molecular formula is C14H21NO5S. The molecule has 1 aromatic rings. The molecule has 0 heterocycles. The number of hydrogen-bond donors (Lipinski definition) is 1. The van der Waals surface area contributed by atoms with Crippen molar-refractivity contribution in [3.63, 3.8) is 0 Å². The second-order valence-electron chi connectivity index (χ2n) is 5.03. The van der Waals surface area contributed by atoms with Gasteiger partial charge in [0, 0.05) is 0 Å². The van der Waals surface area contributed by atoms with Gasteiger partial charge < -0.3 is 10.5 Å². The van der Waals surface area contributed by atoms with Gasteiger partial charge >= 0.3 is 5.97 Å². The standard InChI is InChI=1S/C14H21NO5S/c1-10(2)13(15)14(16)19-8-9-20-21(17,18)12-6-4-11(3)5-7-12/h4-7,10,13H,8-9,15H2,1-3H3/t13-/m0/s1. The third-order valence-electron chi connectivity index (χ3n) is 2.87. The maximum Gasteiger partial charge on any atom is 0.323 e. The fraction of sp³-hybridized carbons (Fsp3) is 0.500. The number of rotatable bonds is 7. The summed E-state index contributed by atoms with van der Waals surface area (Å²) in [4.78, 5) is 11.5. The van der Waals surface area contributed by atoms with Crippen LogP contribution in [0.3, 0.4) is 0 Å². The summed E-state index contributed by atoms with van der Waals surface area (Å²) in [5, 5.41) is 0. The van der Waals surface area contributed by atoms with Crippen molar-refractivity contribution in [2.45, 2.75) is 31.7 Å². The lowest BCUT2D eigenvalue weighted by Crippen LogP contribution is -2.37. The Kier molecular flexibility index (Phi) is 6.32. The molecular weight excluding hydrogens is 294 g/mol. The van der Waals surface area contributed by atoms with Gasteiger partial charge in [-0.2, -0.15) is 8.42 Å². The van der Waals surface area contributed by atoms with Crippen LogP contribution in [0.5, 0.6) is 0 Å². The molecule has 1 rings (SSSR count). The van der Waals surface area contributed by atoms with Crippen molar-refractivity contribution < 1.29 is 22.1 Å². The number of esters is 1. The minimum Gasteiger partial charge on any atom is -0.462 e. The van der Waals surface area contributed by atoms with E-state index in [1.165, 1.54) is 12.1 Å². The Morgan fingerprint density at radius 2 is 1.76 bits per heavy atom. The normalized spacial score (nSPS) is 13.2. The summed E-state index contributed by atoms with van der Waals surface area (Å²) in [5.41, 5.74) is 6.55. The molecule has 7 heteroatoms. The van der Waals surface area contributed by atoms with Gasteiger partial charge in [0.15, 0.2) is 0 Å². The van der Waals surface area contributed by atoms with E-state index >= 15 is 0 Å². The molecule has 0 saturated carbocycles. The summed E-state index contributed by atoms with van der Waals surface area (Å²) >= 11 is 0. The van der Waals surface area contributed by atoms with Gasteiger partial charge in [0.05, 0.1) is 4.90 Å². The lowest BCUT2D eigenvalue weighted by atomic mass is 10.1. The van der Waals surface area contributed by atoms with Gasteiger partial charge in [-0.1, -0.05) is 31.5 Å². The number of ether oxygens (including phenoxy) is 1. The molecule has 2 N–H and O–H groups in total. The topological polar surface area (TPSA) is 95.7 Å². The van der Waals surface area contributed by atoms with Crippen LogP contribution in [0.25, 0.3) is 0 Å². The quantitative estimate of drug-likeness (QED) is 0.462. The van der Waals surface area contributed by atoms with Crippen LogP contribution in [-0.2, 0) is 23.8 Å². The summed E-state index contributed by atoms with van der Waals surface area (Å²) < 4.78 is 33.3. The first kappa shape index (κ1) is 17.6. The second kappa shape index (κ2) is 7.53. The lowest BCUT2D eigenvalue weighted by Gasteiger charge is -2.14. The maximum absolute atomic E-state index is 11.8. The Bertz CT molecular complexity index is 566. The summed E-state index contributed by atoms with van der Waals surface area (Å²) in [6.07, 6.45) is 0. The molecule has 0 aliphatic carbocycles. The first-order valence-electron chi connectivity index (χ1n) is 6.62. The average Bonchev–Trinajstić information content (AvgIpc) is 2.42. The molecule has 6 nitrogen and oxygen atoms in total. The molecule has 21 heavy (non-hydrogen) atoms. The molecule has 0 spiro atoms. The van der Waals surface area contributed by atoms with Crippen molar-refractivity contribution in [1.82, 2.24) is 0 Å². The highest BCUT2D eigenvalue weighted by Gasteiger charge is 2.19. The van der Waals surface area contributed by atoms with E-state index in [-0.39, 0.29) is 24.0 Å². The van der Waals surface area contributed by atoms with Gasteiger partial charge in [0.25, 0.3) is 10.1 Å². The van der Waals surface area contributed by atoms with Crippen molar-refractivity contribution in [1.29, 1.82) is 0 Å². The van der Waals surface area contributed by atoms with Crippen molar-refractivity contribution in [3.05, 3.63) is 29.8 Å². The highest BCUT2D eigenvalue weighted by Crippen LogP contribution is 2.13. The van der Waals surface area contributed by atoms with E-state index in [2.05, 4.69) is 0 Å². The second-order valence-corrected chi connectivity index (χ2v) is 6.64. The predicted molar refractivity (Wildman–Crippen MR) is 78.1 cm³/mol. The highest BCUT2D eigenvalue weighted by atomic mass is 32.2. The van der Waals surface area contributed by atoms with Crippen LogP contribution in [0.1, 0.15) is 19.4 Å². The van der Waals surface area contributed by atoms with Crippen molar-refractivity contribution in [2.75, 3.05) is 13.2 Å². The molecule has 0 aromatic heterocycles. The minimum atomic E-state index is -3.83. The Balaban J connectivity index is 2.45. The number of benzene rings is 1. The Labute approximate surface area is 125 Å². The fourth-order valence-electron chi connectivity index (χ4n) is 1.43. The van der Waals surface area contributed by atoms with E-state index in [0.717, 1.165) is 5.56 Å². The minimum absolute atomic E-state index is 0.0466. The van der Waals surface area contributed by atoms with E-state index in [0.29, 0.717) is 0 Å². The van der Waals surface area contributed by atoms with Crippen LogP contribution < -0.4 is 5.73 Å². The Morgan fingerprint density at radius 3 is 2.29 bits per heavy atom. The van der Waals surface area contributed by atoms with Gasteiger partial charge in [-0.15, -0.1) is 0 Å². The number of hydrogen-bond acceptors (Lipinski definition) is 6. The van der Waals surface area contributed by atoms with E-state index in [4.69, 9.17) is 14.7 Å². The van der Waals surface area contributed by atoms with E-state index < -0.39 is 22.1 Å². The van der Waals surface area contributed by atoms with Gasteiger partial charge in [-0.25, -0.2) is 0 Å². The number of nitrogens with two attached hydrogens (primary N) is 1. The van der Waals surface area contributed by atoms with Crippen molar-refractivity contribution in [2.24, 2.45) is 11.7 Å². The molecule has 0 fully saturated rings. The van der Waals surface area contributed by atoms with Gasteiger partial charge in [0.1, 0.15) is 19.3 Å². The van der Waals surface area contributed by atoms with E-state index in [1.54, 1.807) is 26.0 Å². The summed E-state index contributed by atoms with van der Waals surface area (Å²) in [6.45, 7) is 5.04. The van der Waals surface area contributed by atoms with Crippen LogP contribution in [0, 0.1) is 12.8 Å². The molecule has 0 aliphatic rings. The summed E-state index contributed by atoms with van der Waals surface area (Å²) in [7, 11) is -3.83. The van der Waals surface area contributed by atoms with Gasteiger partial charge in [-0.3, -0.25) is 8.98 Å². The molecule has 1 aromatic carbocycles.